The summed E-state index contributed by atoms with van der Waals surface area (Å²) in [5.74, 6) is -1.87. The van der Waals surface area contributed by atoms with Crippen molar-refractivity contribution in [3.05, 3.63) is 95.6 Å². The van der Waals surface area contributed by atoms with Crippen molar-refractivity contribution in [3.63, 3.8) is 0 Å². The van der Waals surface area contributed by atoms with Crippen molar-refractivity contribution in [2.24, 2.45) is 0 Å². The molecule has 0 aromatic heterocycles. The summed E-state index contributed by atoms with van der Waals surface area (Å²) in [5.41, 5.74) is 2.19. The highest BCUT2D eigenvalue weighted by atomic mass is 16.5. The number of carbonyl (C=O) groups is 3. The zero-order chi connectivity index (χ0) is 29.3. The van der Waals surface area contributed by atoms with Gasteiger partial charge in [0, 0.05) is 32.1 Å². The Balaban J connectivity index is 1.20. The van der Waals surface area contributed by atoms with E-state index in [0.717, 1.165) is 27.8 Å². The van der Waals surface area contributed by atoms with E-state index >= 15 is 0 Å². The maximum Gasteiger partial charge on any atom is 0.408 e. The predicted molar refractivity (Wildman–Crippen MR) is 156 cm³/mol. The van der Waals surface area contributed by atoms with E-state index in [1.807, 2.05) is 66.7 Å². The Bertz CT molecular complexity index is 1450. The predicted octanol–water partition coefficient (Wildman–Crippen LogP) is 3.61. The number of piperidine rings is 1. The highest BCUT2D eigenvalue weighted by Crippen LogP contribution is 2.44. The van der Waals surface area contributed by atoms with Crippen molar-refractivity contribution in [1.82, 2.24) is 15.1 Å². The van der Waals surface area contributed by atoms with Gasteiger partial charge in [0.2, 0.25) is 5.91 Å². The molecular formula is C33H35N3O6. The van der Waals surface area contributed by atoms with Gasteiger partial charge >= 0.3 is 12.1 Å². The number of hydrogen-bond acceptors (Lipinski definition) is 6. The molecule has 0 bridgehead atoms. The number of nitrogens with one attached hydrogen (secondary N) is 1. The number of carbonyl (C=O) groups excluding carboxylic acids is 2. The van der Waals surface area contributed by atoms with Crippen LogP contribution in [0.15, 0.2) is 78.9 Å². The summed E-state index contributed by atoms with van der Waals surface area (Å²) in [7, 11) is 0. The molecule has 9 heteroatoms. The standard InChI is InChI=1S/C33H35N3O6/c37-29(36-17-8-15-33(41,22-36)30(38)39)32(16-18-35(21-32)19-23-9-2-1-3-10-23)34-31(40)42-20-28-26-13-6-4-11-24(26)25-12-5-7-14-27(25)28/h1-7,9-14,28,41H,8,15-22H2,(H,34,40)(H,38,39). The van der Waals surface area contributed by atoms with Crippen LogP contribution in [0, 0.1) is 0 Å². The second kappa shape index (κ2) is 11.2. The minimum atomic E-state index is -2.01. The smallest absolute Gasteiger partial charge is 0.408 e. The average Bonchev–Trinajstić information content (AvgIpc) is 3.55. The average molecular weight is 570 g/mol. The summed E-state index contributed by atoms with van der Waals surface area (Å²) in [5, 5.41) is 23.2. The molecule has 218 valence electrons. The van der Waals surface area contributed by atoms with Crippen LogP contribution in [-0.2, 0) is 20.9 Å². The van der Waals surface area contributed by atoms with Gasteiger partial charge in [-0.3, -0.25) is 9.69 Å². The molecule has 2 unspecified atom stereocenters. The van der Waals surface area contributed by atoms with Gasteiger partial charge in [-0.05, 0) is 47.1 Å². The van der Waals surface area contributed by atoms with Crippen molar-refractivity contribution in [2.45, 2.75) is 42.9 Å². The molecule has 2 atom stereocenters. The van der Waals surface area contributed by atoms with Crippen LogP contribution in [0.1, 0.15) is 41.9 Å². The lowest BCUT2D eigenvalue weighted by atomic mass is 9.89. The third kappa shape index (κ3) is 5.26. The normalized spacial score (nSPS) is 23.7. The number of rotatable bonds is 7. The van der Waals surface area contributed by atoms with Gasteiger partial charge < -0.3 is 25.2 Å². The molecule has 3 aromatic rings. The van der Waals surface area contributed by atoms with E-state index in [2.05, 4.69) is 22.3 Å². The summed E-state index contributed by atoms with van der Waals surface area (Å²) in [4.78, 5) is 42.7. The van der Waals surface area contributed by atoms with Crippen LogP contribution < -0.4 is 5.32 Å². The van der Waals surface area contributed by atoms with E-state index in [1.54, 1.807) is 0 Å². The van der Waals surface area contributed by atoms with Crippen LogP contribution in [-0.4, -0.2) is 81.9 Å². The number of carboxylic acids is 1. The van der Waals surface area contributed by atoms with Crippen LogP contribution >= 0.6 is 0 Å². The molecule has 3 N–H and O–H groups in total. The monoisotopic (exact) mass is 569 g/mol. The van der Waals surface area contributed by atoms with Gasteiger partial charge in [0.1, 0.15) is 12.1 Å². The second-order valence-electron chi connectivity index (χ2n) is 11.6. The van der Waals surface area contributed by atoms with Gasteiger partial charge in [0.05, 0.1) is 6.54 Å². The van der Waals surface area contributed by atoms with E-state index in [-0.39, 0.29) is 32.0 Å². The lowest BCUT2D eigenvalue weighted by molar-refractivity contribution is -0.167. The first-order valence-electron chi connectivity index (χ1n) is 14.4. The Kier molecular flexibility index (Phi) is 7.47. The topological polar surface area (TPSA) is 119 Å². The maximum absolute atomic E-state index is 14.1. The molecule has 42 heavy (non-hydrogen) atoms. The van der Waals surface area contributed by atoms with E-state index < -0.39 is 29.1 Å². The molecule has 9 nitrogen and oxygen atoms in total. The number of likely N-dealkylation sites (tertiary alicyclic amines) is 2. The number of aliphatic hydroxyl groups is 1. The van der Waals surface area contributed by atoms with E-state index in [4.69, 9.17) is 4.74 Å². The molecular weight excluding hydrogens is 534 g/mol. The fourth-order valence-electron chi connectivity index (χ4n) is 6.71. The molecule has 0 spiro atoms. The lowest BCUT2D eigenvalue weighted by Gasteiger charge is -2.41. The zero-order valence-electron chi connectivity index (χ0n) is 23.4. The second-order valence-corrected chi connectivity index (χ2v) is 11.6. The van der Waals surface area contributed by atoms with Crippen molar-refractivity contribution >= 4 is 18.0 Å². The first-order valence-corrected chi connectivity index (χ1v) is 14.4. The number of β-amino-alcohol motifs (C(OH)–C–C–N with tert-alkyl or cyclic N) is 1. The lowest BCUT2D eigenvalue weighted by Crippen LogP contribution is -2.65. The number of carboxylic acid groups (broad SMARTS) is 1. The molecule has 0 radical (unpaired) electrons. The largest absolute Gasteiger partial charge is 0.479 e. The Hall–Kier alpha value is -4.21. The fourth-order valence-corrected chi connectivity index (χ4v) is 6.71. The van der Waals surface area contributed by atoms with Gasteiger partial charge in [-0.25, -0.2) is 9.59 Å². The molecule has 0 saturated carbocycles. The number of amides is 2. The van der Waals surface area contributed by atoms with Crippen molar-refractivity contribution in [2.75, 3.05) is 32.8 Å². The van der Waals surface area contributed by atoms with Gasteiger partial charge in [-0.1, -0.05) is 78.9 Å². The molecule has 6 rings (SSSR count). The van der Waals surface area contributed by atoms with Gasteiger partial charge in [-0.15, -0.1) is 0 Å². The van der Waals surface area contributed by atoms with E-state index in [0.29, 0.717) is 32.5 Å². The Morgan fingerprint density at radius 1 is 0.857 bits per heavy atom. The minimum Gasteiger partial charge on any atom is -0.479 e. The Morgan fingerprint density at radius 2 is 1.50 bits per heavy atom. The fraction of sp³-hybridized carbons (Fsp3) is 0.364. The van der Waals surface area contributed by atoms with E-state index in [9.17, 15) is 24.6 Å². The highest BCUT2D eigenvalue weighted by Gasteiger charge is 2.51. The minimum absolute atomic E-state index is 0.0685. The van der Waals surface area contributed by atoms with E-state index in [1.165, 1.54) is 4.90 Å². The Morgan fingerprint density at radius 3 is 2.17 bits per heavy atom. The summed E-state index contributed by atoms with van der Waals surface area (Å²) >= 11 is 0. The maximum atomic E-state index is 14.1. The number of fused-ring (bicyclic) bond motifs is 3. The van der Waals surface area contributed by atoms with Crippen molar-refractivity contribution < 1.29 is 29.3 Å². The molecule has 3 aliphatic rings. The summed E-state index contributed by atoms with van der Waals surface area (Å²) in [6.07, 6.45) is 0.0602. The third-order valence-electron chi connectivity index (χ3n) is 8.85. The number of alkyl carbamates (subject to hydrolysis) is 1. The first kappa shape index (κ1) is 27.9. The van der Waals surface area contributed by atoms with Crippen molar-refractivity contribution in [1.29, 1.82) is 0 Å². The number of benzene rings is 3. The van der Waals surface area contributed by atoms with Gasteiger partial charge in [0.25, 0.3) is 0 Å². The van der Waals surface area contributed by atoms with Crippen LogP contribution in [0.5, 0.6) is 0 Å². The molecule has 2 heterocycles. The molecule has 2 aliphatic heterocycles. The SMILES string of the molecule is O=C(NC1(C(=O)N2CCCC(O)(C(=O)O)C2)CCN(Cc2ccccc2)C1)OCC1c2ccccc2-c2ccccc21. The molecule has 3 aromatic carbocycles. The summed E-state index contributed by atoms with van der Waals surface area (Å²) in [6, 6.07) is 26.1. The number of nitrogens with zero attached hydrogens (tertiary/aromatic N) is 2. The summed E-state index contributed by atoms with van der Waals surface area (Å²) in [6.45, 7) is 1.49. The van der Waals surface area contributed by atoms with Gasteiger partial charge in [0.15, 0.2) is 5.60 Å². The summed E-state index contributed by atoms with van der Waals surface area (Å²) < 4.78 is 5.81. The van der Waals surface area contributed by atoms with Gasteiger partial charge in [-0.2, -0.15) is 0 Å². The number of hydrogen-bond donors (Lipinski definition) is 3. The quantitative estimate of drug-likeness (QED) is 0.398. The third-order valence-corrected chi connectivity index (χ3v) is 8.85. The first-order chi connectivity index (χ1) is 20.3. The molecule has 2 fully saturated rings. The zero-order valence-corrected chi connectivity index (χ0v) is 23.4. The van der Waals surface area contributed by atoms with Crippen molar-refractivity contribution in [3.8, 4) is 11.1 Å². The number of aliphatic carboxylic acids is 1. The molecule has 2 saturated heterocycles. The highest BCUT2D eigenvalue weighted by molar-refractivity contribution is 5.92. The molecule has 2 amide bonds. The van der Waals surface area contributed by atoms with Crippen LogP contribution in [0.3, 0.4) is 0 Å². The van der Waals surface area contributed by atoms with Crippen LogP contribution in [0.2, 0.25) is 0 Å². The Labute approximate surface area is 244 Å². The van der Waals surface area contributed by atoms with Crippen LogP contribution in [0.4, 0.5) is 4.79 Å². The number of ether oxygens (including phenoxy) is 1. The molecule has 1 aliphatic carbocycles. The van der Waals surface area contributed by atoms with Crippen LogP contribution in [0.25, 0.3) is 11.1 Å².